The van der Waals surface area contributed by atoms with Crippen molar-refractivity contribution in [1.29, 1.82) is 0 Å². The van der Waals surface area contributed by atoms with Crippen molar-refractivity contribution < 1.29 is 23.1 Å². The van der Waals surface area contributed by atoms with E-state index in [9.17, 15) is 13.2 Å². The number of aliphatic carboxylic acids is 1. The summed E-state index contributed by atoms with van der Waals surface area (Å²) in [6, 6.07) is 5.44. The number of carbonyl (C=O) groups is 1. The lowest BCUT2D eigenvalue weighted by molar-refractivity contribution is -0.139. The Balaban J connectivity index is 2.73. The summed E-state index contributed by atoms with van der Waals surface area (Å²) in [5.74, 6) is -0.813. The van der Waals surface area contributed by atoms with Crippen LogP contribution in [0.15, 0.2) is 29.2 Å². The summed E-state index contributed by atoms with van der Waals surface area (Å²) >= 11 is 0. The molecule has 0 spiro atoms. The second kappa shape index (κ2) is 6.34. The van der Waals surface area contributed by atoms with Crippen molar-refractivity contribution in [2.24, 2.45) is 5.73 Å². The molecule has 0 aliphatic carbocycles. The highest BCUT2D eigenvalue weighted by molar-refractivity contribution is 7.89. The van der Waals surface area contributed by atoms with Crippen LogP contribution in [0.25, 0.3) is 0 Å². The molecule has 0 bridgehead atoms. The maximum absolute atomic E-state index is 11.7. The van der Waals surface area contributed by atoms with Gasteiger partial charge >= 0.3 is 5.97 Å². The molecule has 0 unspecified atom stereocenters. The molecule has 1 aromatic rings. The van der Waals surface area contributed by atoms with Crippen LogP contribution in [0.5, 0.6) is 5.75 Å². The summed E-state index contributed by atoms with van der Waals surface area (Å²) in [6.07, 6.45) is 0. The molecule has 100 valence electrons. The Kier molecular flexibility index (Phi) is 5.08. The molecule has 0 aromatic heterocycles. The topological polar surface area (TPSA) is 119 Å². The van der Waals surface area contributed by atoms with Crippen LogP contribution in [0.4, 0.5) is 0 Å². The van der Waals surface area contributed by atoms with Gasteiger partial charge in [0, 0.05) is 13.1 Å². The first-order valence-electron chi connectivity index (χ1n) is 5.10. The Hall–Kier alpha value is -1.64. The van der Waals surface area contributed by atoms with Gasteiger partial charge in [0.15, 0.2) is 6.61 Å². The Bertz CT molecular complexity index is 498. The minimum Gasteiger partial charge on any atom is -0.482 e. The van der Waals surface area contributed by atoms with E-state index in [1.165, 1.54) is 24.3 Å². The van der Waals surface area contributed by atoms with E-state index in [-0.39, 0.29) is 23.7 Å². The van der Waals surface area contributed by atoms with E-state index in [4.69, 9.17) is 15.6 Å². The van der Waals surface area contributed by atoms with Crippen molar-refractivity contribution >= 4 is 16.0 Å². The number of carboxylic acid groups (broad SMARTS) is 1. The number of sulfonamides is 1. The molecule has 0 radical (unpaired) electrons. The number of nitrogens with two attached hydrogens (primary N) is 1. The zero-order chi connectivity index (χ0) is 13.6. The van der Waals surface area contributed by atoms with Gasteiger partial charge in [0.2, 0.25) is 10.0 Å². The average molecular weight is 274 g/mol. The fraction of sp³-hybridized carbons (Fsp3) is 0.300. The van der Waals surface area contributed by atoms with Gasteiger partial charge in [-0.1, -0.05) is 0 Å². The zero-order valence-corrected chi connectivity index (χ0v) is 10.3. The quantitative estimate of drug-likeness (QED) is 0.610. The van der Waals surface area contributed by atoms with Gasteiger partial charge in [-0.25, -0.2) is 17.9 Å². The lowest BCUT2D eigenvalue weighted by Crippen LogP contribution is -2.29. The minimum absolute atomic E-state index is 0.0682. The van der Waals surface area contributed by atoms with Crippen LogP contribution in [-0.4, -0.2) is 39.2 Å². The summed E-state index contributed by atoms with van der Waals surface area (Å²) in [6.45, 7) is -0.115. The van der Waals surface area contributed by atoms with Gasteiger partial charge in [0.05, 0.1) is 4.90 Å². The summed E-state index contributed by atoms with van der Waals surface area (Å²) < 4.78 is 30.5. The number of rotatable bonds is 7. The van der Waals surface area contributed by atoms with Crippen molar-refractivity contribution in [1.82, 2.24) is 4.72 Å². The minimum atomic E-state index is -3.57. The molecule has 0 amide bonds. The van der Waals surface area contributed by atoms with Crippen molar-refractivity contribution in [2.45, 2.75) is 4.90 Å². The van der Waals surface area contributed by atoms with Crippen LogP contribution in [0, 0.1) is 0 Å². The molecule has 1 rings (SSSR count). The molecule has 0 atom stereocenters. The van der Waals surface area contributed by atoms with Crippen molar-refractivity contribution in [3.8, 4) is 5.75 Å². The normalized spacial score (nSPS) is 11.2. The van der Waals surface area contributed by atoms with E-state index in [1.54, 1.807) is 0 Å². The third-order valence-corrected chi connectivity index (χ3v) is 3.41. The summed E-state index contributed by atoms with van der Waals surface area (Å²) in [4.78, 5) is 10.3. The zero-order valence-electron chi connectivity index (χ0n) is 9.50. The van der Waals surface area contributed by atoms with E-state index in [0.29, 0.717) is 0 Å². The molecule has 0 aliphatic rings. The highest BCUT2D eigenvalue weighted by Gasteiger charge is 2.12. The van der Waals surface area contributed by atoms with Crippen LogP contribution in [0.1, 0.15) is 0 Å². The molecule has 7 nitrogen and oxygen atoms in total. The van der Waals surface area contributed by atoms with Crippen LogP contribution >= 0.6 is 0 Å². The fourth-order valence-electron chi connectivity index (χ4n) is 1.14. The van der Waals surface area contributed by atoms with Crippen molar-refractivity contribution in [2.75, 3.05) is 19.7 Å². The smallest absolute Gasteiger partial charge is 0.341 e. The summed E-state index contributed by atoms with van der Waals surface area (Å²) in [7, 11) is -3.57. The lowest BCUT2D eigenvalue weighted by atomic mass is 10.3. The Morgan fingerprint density at radius 1 is 1.33 bits per heavy atom. The molecule has 0 aliphatic heterocycles. The van der Waals surface area contributed by atoms with E-state index < -0.39 is 22.6 Å². The van der Waals surface area contributed by atoms with Gasteiger partial charge in [-0.2, -0.15) is 0 Å². The van der Waals surface area contributed by atoms with Crippen molar-refractivity contribution in [3.63, 3.8) is 0 Å². The lowest BCUT2D eigenvalue weighted by Gasteiger charge is -2.07. The molecule has 8 heteroatoms. The summed E-state index contributed by atoms with van der Waals surface area (Å²) in [5.41, 5.74) is 5.20. The van der Waals surface area contributed by atoms with Crippen LogP contribution < -0.4 is 15.2 Å². The van der Waals surface area contributed by atoms with E-state index >= 15 is 0 Å². The second-order valence-electron chi connectivity index (χ2n) is 3.34. The maximum Gasteiger partial charge on any atom is 0.341 e. The number of carboxylic acids is 1. The number of benzene rings is 1. The first-order chi connectivity index (χ1) is 8.45. The Labute approximate surface area is 105 Å². The van der Waals surface area contributed by atoms with Gasteiger partial charge in [0.1, 0.15) is 5.75 Å². The van der Waals surface area contributed by atoms with Gasteiger partial charge in [-0.05, 0) is 24.3 Å². The van der Waals surface area contributed by atoms with Gasteiger partial charge in [-0.15, -0.1) is 0 Å². The molecule has 0 fully saturated rings. The van der Waals surface area contributed by atoms with Crippen molar-refractivity contribution in [3.05, 3.63) is 24.3 Å². The van der Waals surface area contributed by atoms with Crippen LogP contribution in [0.2, 0.25) is 0 Å². The molecule has 18 heavy (non-hydrogen) atoms. The highest BCUT2D eigenvalue weighted by atomic mass is 32.2. The Morgan fingerprint density at radius 3 is 2.44 bits per heavy atom. The molecule has 0 saturated heterocycles. The Morgan fingerprint density at radius 2 is 1.94 bits per heavy atom. The predicted octanol–water partition coefficient (Wildman–Crippen LogP) is -0.613. The first-order valence-corrected chi connectivity index (χ1v) is 6.58. The van der Waals surface area contributed by atoms with Crippen LogP contribution in [-0.2, 0) is 14.8 Å². The molecule has 1 aromatic carbocycles. The van der Waals surface area contributed by atoms with E-state index in [2.05, 4.69) is 4.72 Å². The predicted molar refractivity (Wildman–Crippen MR) is 63.8 cm³/mol. The molecule has 0 heterocycles. The number of ether oxygens (including phenoxy) is 1. The highest BCUT2D eigenvalue weighted by Crippen LogP contribution is 2.15. The number of nitrogens with one attached hydrogen (secondary N) is 1. The monoisotopic (exact) mass is 274 g/mol. The number of hydrogen-bond acceptors (Lipinski definition) is 5. The second-order valence-corrected chi connectivity index (χ2v) is 5.11. The van der Waals surface area contributed by atoms with E-state index in [1.807, 2.05) is 0 Å². The number of hydrogen-bond donors (Lipinski definition) is 3. The molecular weight excluding hydrogens is 260 g/mol. The maximum atomic E-state index is 11.7. The molecular formula is C10H14N2O5S. The average Bonchev–Trinajstić information content (AvgIpc) is 2.34. The summed E-state index contributed by atoms with van der Waals surface area (Å²) in [5, 5.41) is 8.41. The van der Waals surface area contributed by atoms with Gasteiger partial charge in [0.25, 0.3) is 0 Å². The van der Waals surface area contributed by atoms with Crippen LogP contribution in [0.3, 0.4) is 0 Å². The largest absolute Gasteiger partial charge is 0.482 e. The molecule has 4 N–H and O–H groups in total. The third kappa shape index (κ3) is 4.32. The molecule has 0 saturated carbocycles. The standard InChI is InChI=1S/C10H14N2O5S/c11-5-6-12-18(15,16)9-3-1-8(2-4-9)17-7-10(13)14/h1-4,12H,5-7,11H2,(H,13,14). The first kappa shape index (κ1) is 14.4. The third-order valence-electron chi connectivity index (χ3n) is 1.93. The van der Waals surface area contributed by atoms with E-state index in [0.717, 1.165) is 0 Å². The SMILES string of the molecule is NCCNS(=O)(=O)c1ccc(OCC(=O)O)cc1. The fourth-order valence-corrected chi connectivity index (χ4v) is 2.18. The van der Waals surface area contributed by atoms with Gasteiger partial charge in [-0.3, -0.25) is 0 Å². The van der Waals surface area contributed by atoms with Gasteiger partial charge < -0.3 is 15.6 Å².